The van der Waals surface area contributed by atoms with Crippen molar-refractivity contribution < 1.29 is 5.11 Å². The van der Waals surface area contributed by atoms with Crippen molar-refractivity contribution in [1.29, 1.82) is 0 Å². The number of rotatable bonds is 4. The van der Waals surface area contributed by atoms with Crippen LogP contribution in [-0.2, 0) is 13.0 Å². The van der Waals surface area contributed by atoms with E-state index in [0.29, 0.717) is 6.42 Å². The third kappa shape index (κ3) is 2.56. The Balaban J connectivity index is 2.17. The summed E-state index contributed by atoms with van der Waals surface area (Å²) >= 11 is 1.72. The Hall–Kier alpha value is -1.20. The molecule has 0 aliphatic carbocycles. The van der Waals surface area contributed by atoms with Gasteiger partial charge in [-0.1, -0.05) is 0 Å². The summed E-state index contributed by atoms with van der Waals surface area (Å²) < 4.78 is 1.82. The Bertz CT molecular complexity index is 504. The largest absolute Gasteiger partial charge is 0.388 e. The van der Waals surface area contributed by atoms with E-state index in [4.69, 9.17) is 0 Å². The van der Waals surface area contributed by atoms with Gasteiger partial charge in [0.15, 0.2) is 0 Å². The normalized spacial score (nSPS) is 12.9. The molecule has 0 saturated heterocycles. The van der Waals surface area contributed by atoms with Crippen molar-refractivity contribution in [3.8, 4) is 0 Å². The zero-order valence-electron chi connectivity index (χ0n) is 10.3. The van der Waals surface area contributed by atoms with Crippen LogP contribution in [0.1, 0.15) is 34.2 Å². The summed E-state index contributed by atoms with van der Waals surface area (Å²) in [5.41, 5.74) is 1.01. The van der Waals surface area contributed by atoms with Gasteiger partial charge in [0.05, 0.1) is 6.10 Å². The molecule has 0 amide bonds. The first kappa shape index (κ1) is 12.3. The van der Waals surface area contributed by atoms with Crippen LogP contribution in [0.2, 0.25) is 0 Å². The number of thiophene rings is 1. The van der Waals surface area contributed by atoms with Crippen LogP contribution in [0.25, 0.3) is 0 Å². The second kappa shape index (κ2) is 4.98. The quantitative estimate of drug-likeness (QED) is 0.906. The van der Waals surface area contributed by atoms with Crippen LogP contribution in [0.15, 0.2) is 12.4 Å². The monoisotopic (exact) mass is 251 g/mol. The van der Waals surface area contributed by atoms with E-state index >= 15 is 0 Å². The van der Waals surface area contributed by atoms with Crippen molar-refractivity contribution in [2.24, 2.45) is 0 Å². The van der Waals surface area contributed by atoms with Gasteiger partial charge >= 0.3 is 0 Å². The van der Waals surface area contributed by atoms with Crippen molar-refractivity contribution >= 4 is 11.3 Å². The lowest BCUT2D eigenvalue weighted by atomic mass is 10.1. The first-order valence-corrected chi connectivity index (χ1v) is 6.55. The summed E-state index contributed by atoms with van der Waals surface area (Å²) in [6, 6.07) is 2.05. The van der Waals surface area contributed by atoms with Crippen LogP contribution in [0, 0.1) is 13.8 Å². The van der Waals surface area contributed by atoms with Crippen LogP contribution in [0.4, 0.5) is 0 Å². The zero-order valence-corrected chi connectivity index (χ0v) is 11.2. The predicted molar refractivity (Wildman–Crippen MR) is 68.2 cm³/mol. The van der Waals surface area contributed by atoms with E-state index in [0.717, 1.165) is 17.9 Å². The molecular formula is C12H17N3OS. The molecule has 4 nitrogen and oxygen atoms in total. The third-order valence-electron chi connectivity index (χ3n) is 2.81. The van der Waals surface area contributed by atoms with Crippen molar-refractivity contribution in [3.63, 3.8) is 0 Å². The number of hydrogen-bond donors (Lipinski definition) is 1. The molecule has 2 aromatic heterocycles. The maximum absolute atomic E-state index is 10.2. The van der Waals surface area contributed by atoms with Gasteiger partial charge in [0, 0.05) is 22.7 Å². The summed E-state index contributed by atoms with van der Waals surface area (Å²) in [5, 5.41) is 14.3. The minimum Gasteiger partial charge on any atom is -0.388 e. The molecule has 0 saturated carbocycles. The van der Waals surface area contributed by atoms with Gasteiger partial charge < -0.3 is 5.11 Å². The van der Waals surface area contributed by atoms with Crippen molar-refractivity contribution in [2.75, 3.05) is 0 Å². The highest BCUT2D eigenvalue weighted by atomic mass is 32.1. The molecule has 0 aliphatic heterocycles. The molecule has 17 heavy (non-hydrogen) atoms. The van der Waals surface area contributed by atoms with Crippen molar-refractivity contribution in [2.45, 2.75) is 39.8 Å². The van der Waals surface area contributed by atoms with E-state index < -0.39 is 6.10 Å². The number of nitrogens with zero attached hydrogens (tertiary/aromatic N) is 3. The SMILES string of the molecule is CCn1ncnc1CC(O)c1cc(C)sc1C. The lowest BCUT2D eigenvalue weighted by molar-refractivity contribution is 0.174. The Morgan fingerprint density at radius 2 is 2.24 bits per heavy atom. The topological polar surface area (TPSA) is 50.9 Å². The molecule has 1 N–H and O–H groups in total. The zero-order chi connectivity index (χ0) is 12.4. The van der Waals surface area contributed by atoms with Gasteiger partial charge in [0.2, 0.25) is 0 Å². The van der Waals surface area contributed by atoms with Gasteiger partial charge in [-0.25, -0.2) is 4.98 Å². The molecule has 0 spiro atoms. The maximum atomic E-state index is 10.2. The smallest absolute Gasteiger partial charge is 0.138 e. The lowest BCUT2D eigenvalue weighted by Gasteiger charge is -2.10. The maximum Gasteiger partial charge on any atom is 0.138 e. The Morgan fingerprint density at radius 3 is 2.82 bits per heavy atom. The molecular weight excluding hydrogens is 234 g/mol. The summed E-state index contributed by atoms with van der Waals surface area (Å²) in [5.74, 6) is 0.836. The molecule has 0 radical (unpaired) electrons. The van der Waals surface area contributed by atoms with Gasteiger partial charge in [-0.15, -0.1) is 11.3 Å². The molecule has 1 atom stereocenters. The summed E-state index contributed by atoms with van der Waals surface area (Å²) in [6.07, 6.45) is 1.57. The molecule has 0 aromatic carbocycles. The van der Waals surface area contributed by atoms with Crippen LogP contribution < -0.4 is 0 Å². The third-order valence-corrected chi connectivity index (χ3v) is 3.79. The molecule has 2 aromatic rings. The van der Waals surface area contributed by atoms with Crippen LogP contribution in [0.3, 0.4) is 0 Å². The molecule has 0 aliphatic rings. The average molecular weight is 251 g/mol. The number of aliphatic hydroxyl groups is 1. The van der Waals surface area contributed by atoms with Gasteiger partial charge in [0.1, 0.15) is 12.2 Å². The minimum atomic E-state index is -0.491. The Kier molecular flexibility index (Phi) is 3.59. The highest BCUT2D eigenvalue weighted by molar-refractivity contribution is 7.12. The van der Waals surface area contributed by atoms with E-state index in [1.54, 1.807) is 11.3 Å². The number of aliphatic hydroxyl groups excluding tert-OH is 1. The summed E-state index contributed by atoms with van der Waals surface area (Å²) in [4.78, 5) is 6.59. The fourth-order valence-corrected chi connectivity index (χ4v) is 2.96. The molecule has 2 rings (SSSR count). The van der Waals surface area contributed by atoms with E-state index in [9.17, 15) is 5.11 Å². The predicted octanol–water partition coefficient (Wildman–Crippen LogP) is 2.25. The molecule has 1 unspecified atom stereocenters. The molecule has 92 valence electrons. The number of aromatic nitrogens is 3. The Morgan fingerprint density at radius 1 is 1.47 bits per heavy atom. The standard InChI is InChI=1S/C12H17N3OS/c1-4-15-12(13-7-14-15)6-11(16)10-5-8(2)17-9(10)3/h5,7,11,16H,4,6H2,1-3H3. The van der Waals surface area contributed by atoms with E-state index in [-0.39, 0.29) is 0 Å². The van der Waals surface area contributed by atoms with Crippen LogP contribution >= 0.6 is 11.3 Å². The highest BCUT2D eigenvalue weighted by Crippen LogP contribution is 2.27. The van der Waals surface area contributed by atoms with Crippen molar-refractivity contribution in [3.05, 3.63) is 33.5 Å². The first-order valence-electron chi connectivity index (χ1n) is 5.73. The van der Waals surface area contributed by atoms with E-state index in [2.05, 4.69) is 23.1 Å². The van der Waals surface area contributed by atoms with Crippen LogP contribution in [-0.4, -0.2) is 19.9 Å². The van der Waals surface area contributed by atoms with E-state index in [1.807, 2.05) is 18.5 Å². The second-order valence-electron chi connectivity index (χ2n) is 4.08. The van der Waals surface area contributed by atoms with Gasteiger partial charge in [0.25, 0.3) is 0 Å². The fraction of sp³-hybridized carbons (Fsp3) is 0.500. The average Bonchev–Trinajstić information content (AvgIpc) is 2.84. The first-order chi connectivity index (χ1) is 8.11. The molecule has 0 bridgehead atoms. The minimum absolute atomic E-state index is 0.491. The molecule has 0 fully saturated rings. The van der Waals surface area contributed by atoms with Crippen molar-refractivity contribution in [1.82, 2.24) is 14.8 Å². The van der Waals surface area contributed by atoms with Gasteiger partial charge in [-0.2, -0.15) is 5.10 Å². The number of hydrogen-bond acceptors (Lipinski definition) is 4. The Labute approximate surface area is 105 Å². The van der Waals surface area contributed by atoms with Gasteiger partial charge in [-0.3, -0.25) is 4.68 Å². The summed E-state index contributed by atoms with van der Waals surface area (Å²) in [7, 11) is 0. The van der Waals surface area contributed by atoms with Crippen LogP contribution in [0.5, 0.6) is 0 Å². The second-order valence-corrected chi connectivity index (χ2v) is 5.54. The van der Waals surface area contributed by atoms with E-state index in [1.165, 1.54) is 16.1 Å². The van der Waals surface area contributed by atoms with Gasteiger partial charge in [-0.05, 0) is 32.4 Å². The molecule has 5 heteroatoms. The fourth-order valence-electron chi connectivity index (χ4n) is 1.97. The highest BCUT2D eigenvalue weighted by Gasteiger charge is 2.16. The summed E-state index contributed by atoms with van der Waals surface area (Å²) in [6.45, 7) is 6.90. The molecule has 2 heterocycles. The lowest BCUT2D eigenvalue weighted by Crippen LogP contribution is -2.09. The number of aryl methyl sites for hydroxylation is 3.